The fourth-order valence-corrected chi connectivity index (χ4v) is 8.53. The van der Waals surface area contributed by atoms with Crippen LogP contribution in [0.4, 0.5) is 0 Å². The van der Waals surface area contributed by atoms with Gasteiger partial charge >= 0.3 is 18.4 Å². The smallest absolute Gasteiger partial charge is 0.390 e. The maximum Gasteiger partial charge on any atom is 0.453 e. The van der Waals surface area contributed by atoms with Crippen LogP contribution >= 0.6 is 8.24 Å². The van der Waals surface area contributed by atoms with Crippen molar-refractivity contribution in [2.45, 2.75) is 67.2 Å². The summed E-state index contributed by atoms with van der Waals surface area (Å²) < 4.78 is 53.1. The largest absolute Gasteiger partial charge is 0.453 e. The maximum absolute atomic E-state index is 13.6. The molecule has 0 saturated heterocycles. The van der Waals surface area contributed by atoms with Gasteiger partial charge in [0.05, 0.1) is 0 Å². The first-order chi connectivity index (χ1) is 22.2. The second-order valence-electron chi connectivity index (χ2n) is 12.7. The fourth-order valence-electron chi connectivity index (χ4n) is 6.23. The van der Waals surface area contributed by atoms with Crippen molar-refractivity contribution in [2.24, 2.45) is 0 Å². The van der Waals surface area contributed by atoms with E-state index in [1.165, 1.54) is 0 Å². The van der Waals surface area contributed by atoms with Crippen molar-refractivity contribution in [3.8, 4) is 22.6 Å². The molecule has 0 atom stereocenters. The van der Waals surface area contributed by atoms with E-state index >= 15 is 0 Å². The summed E-state index contributed by atoms with van der Waals surface area (Å²) in [5.74, 6) is 0.777. The lowest BCUT2D eigenvalue weighted by Crippen LogP contribution is -2.11. The van der Waals surface area contributed by atoms with Crippen molar-refractivity contribution in [1.29, 1.82) is 0 Å². The molecule has 0 radical (unpaired) electrons. The summed E-state index contributed by atoms with van der Waals surface area (Å²) in [6, 6.07) is 22.9. The van der Waals surface area contributed by atoms with Crippen molar-refractivity contribution in [3.63, 3.8) is 0 Å². The summed E-state index contributed by atoms with van der Waals surface area (Å²) in [5, 5.41) is 1.93. The minimum absolute atomic E-state index is 0.0863. The van der Waals surface area contributed by atoms with Gasteiger partial charge in [0.1, 0.15) is 21.8 Å². The van der Waals surface area contributed by atoms with E-state index < -0.39 is 18.4 Å². The molecule has 1 aromatic heterocycles. The SMILES string of the molecule is Cc1ccc(S(=O)(=O)Oc2c(C)cc(C)cc2-c2cc(C)cc(C)c2Op2oc3c(C)cc(C)cc3c3cc(C)cc(C)c3o2)cc1. The quantitative estimate of drug-likeness (QED) is 0.165. The van der Waals surface area contributed by atoms with E-state index in [9.17, 15) is 8.42 Å². The van der Waals surface area contributed by atoms with Crippen molar-refractivity contribution in [3.05, 3.63) is 123 Å². The zero-order valence-electron chi connectivity index (χ0n) is 28.2. The van der Waals surface area contributed by atoms with Crippen molar-refractivity contribution in [1.82, 2.24) is 0 Å². The first-order valence-corrected chi connectivity index (χ1v) is 18.0. The molecule has 0 amide bonds. The molecule has 6 rings (SSSR count). The molecule has 0 saturated carbocycles. The summed E-state index contributed by atoms with van der Waals surface area (Å²) in [5.41, 5.74) is 11.4. The van der Waals surface area contributed by atoms with Crippen LogP contribution in [0.25, 0.3) is 33.1 Å². The highest BCUT2D eigenvalue weighted by Gasteiger charge is 2.25. The summed E-state index contributed by atoms with van der Waals surface area (Å²) in [6.07, 6.45) is 0. The topological polar surface area (TPSA) is 78.9 Å². The van der Waals surface area contributed by atoms with Crippen molar-refractivity contribution < 1.29 is 25.5 Å². The summed E-state index contributed by atoms with van der Waals surface area (Å²) >= 11 is 0. The monoisotopic (exact) mass is 666 g/mol. The van der Waals surface area contributed by atoms with E-state index in [1.54, 1.807) is 24.3 Å². The van der Waals surface area contributed by atoms with E-state index in [2.05, 4.69) is 38.1 Å². The molecule has 242 valence electrons. The van der Waals surface area contributed by atoms with Crippen LogP contribution in [-0.2, 0) is 10.1 Å². The van der Waals surface area contributed by atoms with Crippen molar-refractivity contribution >= 4 is 40.3 Å². The minimum Gasteiger partial charge on any atom is -0.390 e. The fraction of sp³-hybridized carbons (Fsp3) is 0.231. The first-order valence-electron chi connectivity index (χ1n) is 15.5. The van der Waals surface area contributed by atoms with Gasteiger partial charge in [-0.25, -0.2) is 0 Å². The number of benzene rings is 5. The highest BCUT2D eigenvalue weighted by molar-refractivity contribution is 7.87. The number of rotatable bonds is 6. The molecule has 0 aliphatic rings. The number of hydrogen-bond acceptors (Lipinski definition) is 6. The van der Waals surface area contributed by atoms with Gasteiger partial charge in [-0.05, 0) is 143 Å². The van der Waals surface area contributed by atoms with Crippen LogP contribution in [0.1, 0.15) is 50.1 Å². The Morgan fingerprint density at radius 3 is 1.45 bits per heavy atom. The Hall–Kier alpha value is -4.45. The Labute approximate surface area is 277 Å². The van der Waals surface area contributed by atoms with Gasteiger partial charge in [-0.1, -0.05) is 42.0 Å². The predicted octanol–water partition coefficient (Wildman–Crippen LogP) is 11.3. The third kappa shape index (κ3) is 6.43. The second-order valence-corrected chi connectivity index (χ2v) is 15.2. The maximum atomic E-state index is 13.6. The molecule has 1 heterocycles. The Kier molecular flexibility index (Phi) is 8.50. The van der Waals surface area contributed by atoms with Gasteiger partial charge in [0.15, 0.2) is 5.75 Å². The molecule has 6 aromatic rings. The van der Waals surface area contributed by atoms with Gasteiger partial charge in [-0.2, -0.15) is 8.42 Å². The van der Waals surface area contributed by atoms with Gasteiger partial charge in [-0.15, -0.1) is 0 Å². The molecule has 0 fully saturated rings. The Morgan fingerprint density at radius 1 is 0.511 bits per heavy atom. The van der Waals surface area contributed by atoms with Crippen LogP contribution in [0.2, 0.25) is 0 Å². The van der Waals surface area contributed by atoms with E-state index in [4.69, 9.17) is 17.1 Å². The first kappa shape index (κ1) is 32.5. The van der Waals surface area contributed by atoms with Crippen molar-refractivity contribution in [2.75, 3.05) is 0 Å². The molecule has 8 heteroatoms. The van der Waals surface area contributed by atoms with E-state index in [0.717, 1.165) is 66.4 Å². The van der Waals surface area contributed by atoms with Gasteiger partial charge in [-0.3, -0.25) is 0 Å². The third-order valence-corrected chi connectivity index (χ3v) is 10.5. The lowest BCUT2D eigenvalue weighted by atomic mass is 9.95. The molecule has 0 bridgehead atoms. The highest BCUT2D eigenvalue weighted by atomic mass is 32.2. The van der Waals surface area contributed by atoms with E-state index in [-0.39, 0.29) is 10.6 Å². The average molecular weight is 667 g/mol. The molecule has 47 heavy (non-hydrogen) atoms. The Morgan fingerprint density at radius 2 is 0.936 bits per heavy atom. The molecular formula is C39H39O6PS. The van der Waals surface area contributed by atoms with Gasteiger partial charge in [0.25, 0.3) is 0 Å². The van der Waals surface area contributed by atoms with E-state index in [1.807, 2.05) is 72.7 Å². The van der Waals surface area contributed by atoms with Crippen LogP contribution in [0.15, 0.2) is 86.1 Å². The number of aryl methyl sites for hydroxylation is 9. The Balaban J connectivity index is 1.58. The van der Waals surface area contributed by atoms with Gasteiger partial charge in [0.2, 0.25) is 0 Å². The minimum atomic E-state index is -4.13. The van der Waals surface area contributed by atoms with Crippen LogP contribution in [0, 0.1) is 62.3 Å². The molecule has 0 N–H and O–H groups in total. The van der Waals surface area contributed by atoms with Crippen LogP contribution < -0.4 is 8.71 Å². The van der Waals surface area contributed by atoms with Gasteiger partial charge < -0.3 is 17.1 Å². The zero-order valence-corrected chi connectivity index (χ0v) is 29.9. The summed E-state index contributed by atoms with van der Waals surface area (Å²) in [7, 11) is -6.11. The third-order valence-electron chi connectivity index (χ3n) is 8.26. The molecule has 6 nitrogen and oxygen atoms in total. The standard InChI is InChI=1S/C39H39O6PS/c1-22-10-12-31(13-11-22)47(40,41)45-39-30(9)17-26(5)21-35(39)34-20-25(4)16-29(8)38(34)44-46-42-36-27(6)14-23(2)18-32(36)33-19-24(3)15-28(7)37(33)43-46/h10-21H,1-9H3. The summed E-state index contributed by atoms with van der Waals surface area (Å²) in [6.45, 7) is 17.9. The predicted molar refractivity (Wildman–Crippen MR) is 191 cm³/mol. The van der Waals surface area contributed by atoms with Crippen LogP contribution in [0.5, 0.6) is 11.5 Å². The lowest BCUT2D eigenvalue weighted by Gasteiger charge is -2.19. The molecule has 5 aromatic carbocycles. The normalized spacial score (nSPS) is 11.7. The van der Waals surface area contributed by atoms with Crippen LogP contribution in [-0.4, -0.2) is 8.42 Å². The van der Waals surface area contributed by atoms with E-state index in [0.29, 0.717) is 22.4 Å². The zero-order chi connectivity index (χ0) is 33.8. The van der Waals surface area contributed by atoms with Gasteiger partial charge in [0, 0.05) is 21.9 Å². The second kappa shape index (κ2) is 12.3. The molecular weight excluding hydrogens is 627 g/mol. The average Bonchev–Trinajstić information content (AvgIpc) is 3.13. The van der Waals surface area contributed by atoms with Crippen LogP contribution in [0.3, 0.4) is 0 Å². The highest BCUT2D eigenvalue weighted by Crippen LogP contribution is 2.47. The molecule has 0 aliphatic carbocycles. The molecule has 0 aliphatic heterocycles. The lowest BCUT2D eigenvalue weighted by molar-refractivity contribution is 0.483. The number of hydrogen-bond donors (Lipinski definition) is 0. The molecule has 0 spiro atoms. The summed E-state index contributed by atoms with van der Waals surface area (Å²) in [4.78, 5) is 0.0863. The Bertz CT molecular complexity index is 2280. The number of fused-ring (bicyclic) bond motifs is 3. The molecule has 0 unspecified atom stereocenters.